The van der Waals surface area contributed by atoms with E-state index in [9.17, 15) is 9.59 Å². The van der Waals surface area contributed by atoms with Gasteiger partial charge in [0.05, 0.1) is 31.0 Å². The highest BCUT2D eigenvalue weighted by Gasteiger charge is 2.17. The predicted octanol–water partition coefficient (Wildman–Crippen LogP) is 5.91. The summed E-state index contributed by atoms with van der Waals surface area (Å²) in [7, 11) is 1.84. The van der Waals surface area contributed by atoms with Crippen molar-refractivity contribution in [2.24, 2.45) is 13.0 Å². The maximum Gasteiger partial charge on any atom is 0.253 e. The van der Waals surface area contributed by atoms with E-state index in [-0.39, 0.29) is 18.4 Å². The summed E-state index contributed by atoms with van der Waals surface area (Å²) in [6.07, 6.45) is 12.9. The number of allylic oxidation sites excluding steroid dienone is 2. The lowest BCUT2D eigenvalue weighted by Crippen LogP contribution is -2.32. The molecule has 0 aliphatic carbocycles. The number of hydrogen-bond donors (Lipinski definition) is 2. The summed E-state index contributed by atoms with van der Waals surface area (Å²) in [6, 6.07) is 10.2. The molecule has 7 nitrogen and oxygen atoms in total. The number of benzene rings is 1. The number of aryl methyl sites for hydroxylation is 1. The number of rotatable bonds is 13. The zero-order valence-corrected chi connectivity index (χ0v) is 22.5. The van der Waals surface area contributed by atoms with E-state index in [0.29, 0.717) is 10.7 Å². The number of unbranched alkanes of at least 4 members (excludes halogenated alkanes) is 2. The summed E-state index contributed by atoms with van der Waals surface area (Å²) in [6.45, 7) is 3.96. The van der Waals surface area contributed by atoms with E-state index < -0.39 is 0 Å². The molecule has 8 heteroatoms. The number of nitrogens with zero attached hydrogens (tertiary/aromatic N) is 2. The summed E-state index contributed by atoms with van der Waals surface area (Å²) in [5.74, 6) is 0.191. The number of ether oxygens (including phenoxy) is 1. The van der Waals surface area contributed by atoms with Crippen LogP contribution < -0.4 is 10.6 Å². The second-order valence-corrected chi connectivity index (χ2v) is 10.4. The van der Waals surface area contributed by atoms with Gasteiger partial charge in [-0.2, -0.15) is 0 Å². The number of aromatic nitrogens is 2. The Kier molecular flexibility index (Phi) is 9.68. The average Bonchev–Trinajstić information content (AvgIpc) is 3.52. The molecule has 37 heavy (non-hydrogen) atoms. The van der Waals surface area contributed by atoms with E-state index in [0.717, 1.165) is 43.2 Å². The standard InChI is InChI=1S/C29H36N4O3S/c1-3-8-22(10-6-4-5-9-21-18-36-19-21)23-11-7-12-24(15-23)26-20-37-29(31-26)32-27(34)16-30-28(35)25-13-14-33(2)17-25/h7-8,11-15,17,20-21H,3-6,9-10,16,18-19H2,1-2H3,(H,30,35)(H,31,32,34)/b22-8+. The maximum atomic E-state index is 12.3. The number of anilines is 1. The SMILES string of the molecule is CC/C=C(\CCCCCC1COC1)c1cccc(-c2csc(NC(=O)CNC(=O)c3ccn(C)c3)n2)c1. The molecular formula is C29H36N4O3S. The first kappa shape index (κ1) is 26.8. The molecule has 2 amide bonds. The van der Waals surface area contributed by atoms with Gasteiger partial charge in [0, 0.05) is 36.3 Å². The molecule has 0 unspecified atom stereocenters. The maximum absolute atomic E-state index is 12.3. The Balaban J connectivity index is 1.30. The van der Waals surface area contributed by atoms with Crippen LogP contribution in [0.15, 0.2) is 54.2 Å². The third-order valence-electron chi connectivity index (χ3n) is 6.50. The van der Waals surface area contributed by atoms with Crippen LogP contribution in [-0.4, -0.2) is 41.1 Å². The van der Waals surface area contributed by atoms with Gasteiger partial charge in [-0.3, -0.25) is 9.59 Å². The van der Waals surface area contributed by atoms with Crippen LogP contribution in [0.2, 0.25) is 0 Å². The van der Waals surface area contributed by atoms with Gasteiger partial charge in [-0.05, 0) is 49.0 Å². The summed E-state index contributed by atoms with van der Waals surface area (Å²) in [5.41, 5.74) is 4.99. The van der Waals surface area contributed by atoms with Gasteiger partial charge < -0.3 is 19.9 Å². The van der Waals surface area contributed by atoms with Crippen molar-refractivity contribution in [2.75, 3.05) is 25.1 Å². The Hall–Kier alpha value is -3.23. The zero-order valence-electron chi connectivity index (χ0n) is 21.7. The van der Waals surface area contributed by atoms with Gasteiger partial charge in [-0.1, -0.05) is 44.0 Å². The largest absolute Gasteiger partial charge is 0.381 e. The fraction of sp³-hybridized carbons (Fsp3) is 0.414. The van der Waals surface area contributed by atoms with Crippen molar-refractivity contribution < 1.29 is 14.3 Å². The molecule has 1 aromatic carbocycles. The predicted molar refractivity (Wildman–Crippen MR) is 150 cm³/mol. The minimum absolute atomic E-state index is 0.113. The van der Waals surface area contributed by atoms with Crippen molar-refractivity contribution in [2.45, 2.75) is 45.4 Å². The fourth-order valence-corrected chi connectivity index (χ4v) is 5.13. The third-order valence-corrected chi connectivity index (χ3v) is 7.26. The highest BCUT2D eigenvalue weighted by molar-refractivity contribution is 7.14. The lowest BCUT2D eigenvalue weighted by atomic mass is 9.95. The molecule has 3 heterocycles. The zero-order chi connectivity index (χ0) is 26.0. The van der Waals surface area contributed by atoms with Crippen LogP contribution in [0.25, 0.3) is 16.8 Å². The molecule has 0 spiro atoms. The first-order valence-electron chi connectivity index (χ1n) is 13.0. The van der Waals surface area contributed by atoms with Crippen molar-refractivity contribution in [3.63, 3.8) is 0 Å². The van der Waals surface area contributed by atoms with Gasteiger partial charge in [-0.15, -0.1) is 11.3 Å². The highest BCUT2D eigenvalue weighted by Crippen LogP contribution is 2.29. The number of carbonyl (C=O) groups excluding carboxylic acids is 2. The summed E-state index contributed by atoms with van der Waals surface area (Å²) >= 11 is 1.38. The molecule has 0 saturated carbocycles. The van der Waals surface area contributed by atoms with E-state index in [1.54, 1.807) is 23.0 Å². The van der Waals surface area contributed by atoms with E-state index in [1.807, 2.05) is 12.4 Å². The van der Waals surface area contributed by atoms with Crippen LogP contribution in [0.3, 0.4) is 0 Å². The molecular weight excluding hydrogens is 484 g/mol. The molecule has 1 fully saturated rings. The molecule has 1 aliphatic rings. The number of hydrogen-bond acceptors (Lipinski definition) is 5. The van der Waals surface area contributed by atoms with Crippen molar-refractivity contribution in [3.8, 4) is 11.3 Å². The summed E-state index contributed by atoms with van der Waals surface area (Å²) in [5, 5.41) is 7.89. The van der Waals surface area contributed by atoms with Gasteiger partial charge in [0.2, 0.25) is 5.91 Å². The van der Waals surface area contributed by atoms with Crippen LogP contribution in [0, 0.1) is 5.92 Å². The van der Waals surface area contributed by atoms with Gasteiger partial charge in [-0.25, -0.2) is 4.98 Å². The normalized spacial score (nSPS) is 13.8. The Morgan fingerprint density at radius 1 is 1.19 bits per heavy atom. The van der Waals surface area contributed by atoms with Crippen LogP contribution in [0.1, 0.15) is 61.4 Å². The molecule has 0 bridgehead atoms. The van der Waals surface area contributed by atoms with E-state index in [4.69, 9.17) is 4.74 Å². The van der Waals surface area contributed by atoms with Gasteiger partial charge in [0.1, 0.15) is 0 Å². The molecule has 1 aliphatic heterocycles. The van der Waals surface area contributed by atoms with Crippen LogP contribution in [0.4, 0.5) is 5.13 Å². The molecule has 2 N–H and O–H groups in total. The number of amides is 2. The first-order valence-corrected chi connectivity index (χ1v) is 13.9. The van der Waals surface area contributed by atoms with E-state index >= 15 is 0 Å². The second-order valence-electron chi connectivity index (χ2n) is 9.56. The Bertz CT molecular complexity index is 1230. The molecule has 2 aromatic heterocycles. The quantitative estimate of drug-likeness (QED) is 0.275. The topological polar surface area (TPSA) is 85.3 Å². The number of nitrogens with one attached hydrogen (secondary N) is 2. The molecule has 196 valence electrons. The molecule has 0 atom stereocenters. The van der Waals surface area contributed by atoms with Gasteiger partial charge in [0.25, 0.3) is 5.91 Å². The molecule has 1 saturated heterocycles. The van der Waals surface area contributed by atoms with Crippen LogP contribution in [-0.2, 0) is 16.6 Å². The minimum atomic E-state index is -0.308. The second kappa shape index (κ2) is 13.4. The van der Waals surface area contributed by atoms with Crippen molar-refractivity contribution in [1.82, 2.24) is 14.9 Å². The van der Waals surface area contributed by atoms with Crippen molar-refractivity contribution in [1.29, 1.82) is 0 Å². The summed E-state index contributed by atoms with van der Waals surface area (Å²) < 4.78 is 7.06. The number of carbonyl (C=O) groups is 2. The van der Waals surface area contributed by atoms with E-state index in [2.05, 4.69) is 52.9 Å². The molecule has 3 aromatic rings. The Morgan fingerprint density at radius 2 is 2.05 bits per heavy atom. The minimum Gasteiger partial charge on any atom is -0.381 e. The highest BCUT2D eigenvalue weighted by atomic mass is 32.1. The summed E-state index contributed by atoms with van der Waals surface area (Å²) in [4.78, 5) is 29.1. The van der Waals surface area contributed by atoms with Gasteiger partial charge >= 0.3 is 0 Å². The smallest absolute Gasteiger partial charge is 0.253 e. The Labute approximate surface area is 223 Å². The van der Waals surface area contributed by atoms with Gasteiger partial charge in [0.15, 0.2) is 5.13 Å². The number of thiazole rings is 1. The molecule has 0 radical (unpaired) electrons. The van der Waals surface area contributed by atoms with Crippen molar-refractivity contribution >= 4 is 33.9 Å². The average molecular weight is 521 g/mol. The van der Waals surface area contributed by atoms with E-state index in [1.165, 1.54) is 48.2 Å². The van der Waals surface area contributed by atoms with Crippen LogP contribution in [0.5, 0.6) is 0 Å². The Morgan fingerprint density at radius 3 is 2.78 bits per heavy atom. The lowest BCUT2D eigenvalue weighted by Gasteiger charge is -2.25. The first-order chi connectivity index (χ1) is 18.0. The monoisotopic (exact) mass is 520 g/mol. The van der Waals surface area contributed by atoms with Crippen molar-refractivity contribution in [3.05, 3.63) is 65.3 Å². The lowest BCUT2D eigenvalue weighted by molar-refractivity contribution is -0.115. The third kappa shape index (κ3) is 7.87. The fourth-order valence-electron chi connectivity index (χ4n) is 4.39. The van der Waals surface area contributed by atoms with Crippen LogP contribution >= 0.6 is 11.3 Å². The molecule has 4 rings (SSSR count).